The van der Waals surface area contributed by atoms with Crippen molar-refractivity contribution < 1.29 is 14.1 Å². The average Bonchev–Trinajstić information content (AvgIpc) is 3.36. The lowest BCUT2D eigenvalue weighted by Gasteiger charge is -2.19. The Balaban J connectivity index is 1.65. The molecule has 1 saturated carbocycles. The summed E-state index contributed by atoms with van der Waals surface area (Å²) in [6.45, 7) is 2.86. The van der Waals surface area contributed by atoms with Gasteiger partial charge >= 0.3 is 0 Å². The molecule has 0 aromatic heterocycles. The van der Waals surface area contributed by atoms with Crippen molar-refractivity contribution >= 4 is 27.5 Å². The molecule has 5 heteroatoms. The van der Waals surface area contributed by atoms with E-state index in [1.54, 1.807) is 12.1 Å². The summed E-state index contributed by atoms with van der Waals surface area (Å²) in [7, 11) is 0. The summed E-state index contributed by atoms with van der Waals surface area (Å²) in [6, 6.07) is 13.0. The van der Waals surface area contributed by atoms with Crippen molar-refractivity contribution in [3.05, 3.63) is 63.9 Å². The Morgan fingerprint density at radius 1 is 1.29 bits per heavy atom. The average molecular weight is 392 g/mol. The first-order valence-corrected chi connectivity index (χ1v) is 8.96. The Kier molecular flexibility index (Phi) is 5.31. The molecule has 126 valence electrons. The van der Waals surface area contributed by atoms with E-state index in [-0.39, 0.29) is 11.7 Å². The molecule has 0 heterocycles. The summed E-state index contributed by atoms with van der Waals surface area (Å²) < 4.78 is 14.9. The van der Waals surface area contributed by atoms with Crippen molar-refractivity contribution in [1.29, 1.82) is 0 Å². The molecular formula is C19H21BrFN2O+. The standard InChI is InChI=1S/C19H20BrFN2O/c1-13-10-15(20)6-9-18(13)22-19(24)12-23(16-7-8-16)11-14-4-2-3-5-17(14)21/h2-6,9-10,16H,7-8,11-12H2,1H3,(H,22,24)/p+1. The lowest BCUT2D eigenvalue weighted by Crippen LogP contribution is -3.13. The van der Waals surface area contributed by atoms with Crippen LogP contribution in [0.15, 0.2) is 46.9 Å². The lowest BCUT2D eigenvalue weighted by molar-refractivity contribution is -0.917. The molecule has 2 aromatic carbocycles. The zero-order valence-corrected chi connectivity index (χ0v) is 15.2. The first-order chi connectivity index (χ1) is 11.5. The molecule has 1 amide bonds. The van der Waals surface area contributed by atoms with E-state index in [4.69, 9.17) is 0 Å². The van der Waals surface area contributed by atoms with E-state index in [0.29, 0.717) is 24.7 Å². The Morgan fingerprint density at radius 2 is 2.04 bits per heavy atom. The van der Waals surface area contributed by atoms with Crippen molar-refractivity contribution in [2.75, 3.05) is 11.9 Å². The van der Waals surface area contributed by atoms with Gasteiger partial charge in [-0.25, -0.2) is 4.39 Å². The van der Waals surface area contributed by atoms with Gasteiger partial charge in [0.05, 0.1) is 6.04 Å². The maximum absolute atomic E-state index is 13.9. The molecule has 0 radical (unpaired) electrons. The number of nitrogens with one attached hydrogen (secondary N) is 2. The number of rotatable bonds is 6. The van der Waals surface area contributed by atoms with Gasteiger partial charge < -0.3 is 10.2 Å². The van der Waals surface area contributed by atoms with Crippen LogP contribution in [0.2, 0.25) is 0 Å². The summed E-state index contributed by atoms with van der Waals surface area (Å²) in [4.78, 5) is 13.6. The topological polar surface area (TPSA) is 33.5 Å². The molecule has 2 N–H and O–H groups in total. The van der Waals surface area contributed by atoms with Crippen LogP contribution in [0.25, 0.3) is 0 Å². The van der Waals surface area contributed by atoms with Crippen molar-refractivity contribution in [2.24, 2.45) is 0 Å². The highest BCUT2D eigenvalue weighted by atomic mass is 79.9. The van der Waals surface area contributed by atoms with E-state index in [1.165, 1.54) is 6.07 Å². The monoisotopic (exact) mass is 391 g/mol. The number of hydrogen-bond donors (Lipinski definition) is 2. The summed E-state index contributed by atoms with van der Waals surface area (Å²) in [6.07, 6.45) is 2.21. The van der Waals surface area contributed by atoms with Gasteiger partial charge in [0.15, 0.2) is 6.54 Å². The first kappa shape index (κ1) is 17.1. The predicted octanol–water partition coefficient (Wildman–Crippen LogP) is 3.08. The number of benzene rings is 2. The van der Waals surface area contributed by atoms with Gasteiger partial charge in [-0.2, -0.15) is 0 Å². The molecule has 1 aliphatic rings. The summed E-state index contributed by atoms with van der Waals surface area (Å²) in [5, 5.41) is 2.98. The molecule has 0 aliphatic heterocycles. The predicted molar refractivity (Wildman–Crippen MR) is 96.5 cm³/mol. The van der Waals surface area contributed by atoms with Crippen LogP contribution in [-0.2, 0) is 11.3 Å². The number of aryl methyl sites for hydroxylation is 1. The zero-order valence-electron chi connectivity index (χ0n) is 13.6. The van der Waals surface area contributed by atoms with Crippen molar-refractivity contribution in [3.63, 3.8) is 0 Å². The van der Waals surface area contributed by atoms with E-state index in [1.807, 2.05) is 31.2 Å². The Labute approximate surface area is 150 Å². The Hall–Kier alpha value is -1.72. The van der Waals surface area contributed by atoms with Gasteiger partial charge in [0, 0.05) is 28.6 Å². The van der Waals surface area contributed by atoms with Gasteiger partial charge in [-0.15, -0.1) is 0 Å². The van der Waals surface area contributed by atoms with Crippen LogP contribution in [-0.4, -0.2) is 18.5 Å². The molecular weight excluding hydrogens is 371 g/mol. The van der Waals surface area contributed by atoms with Crippen molar-refractivity contribution in [3.8, 4) is 0 Å². The highest BCUT2D eigenvalue weighted by molar-refractivity contribution is 9.10. The lowest BCUT2D eigenvalue weighted by atomic mass is 10.2. The minimum absolute atomic E-state index is 0.0290. The molecule has 0 bridgehead atoms. The first-order valence-electron chi connectivity index (χ1n) is 8.17. The van der Waals surface area contributed by atoms with E-state index in [0.717, 1.165) is 33.5 Å². The number of carbonyl (C=O) groups excluding carboxylic acids is 1. The molecule has 1 fully saturated rings. The van der Waals surface area contributed by atoms with E-state index >= 15 is 0 Å². The van der Waals surface area contributed by atoms with Gasteiger partial charge in [-0.3, -0.25) is 4.79 Å². The molecule has 0 spiro atoms. The minimum atomic E-state index is -0.195. The molecule has 1 unspecified atom stereocenters. The molecule has 24 heavy (non-hydrogen) atoms. The largest absolute Gasteiger partial charge is 0.321 e. The van der Waals surface area contributed by atoms with Gasteiger partial charge in [0.1, 0.15) is 12.4 Å². The second kappa shape index (κ2) is 7.45. The number of hydrogen-bond acceptors (Lipinski definition) is 1. The number of halogens is 2. The Morgan fingerprint density at radius 3 is 2.71 bits per heavy atom. The fourth-order valence-corrected chi connectivity index (χ4v) is 3.37. The number of anilines is 1. The number of quaternary nitrogens is 1. The Bertz CT molecular complexity index is 746. The maximum atomic E-state index is 13.9. The third kappa shape index (κ3) is 4.42. The van der Waals surface area contributed by atoms with Crippen LogP contribution in [0.5, 0.6) is 0 Å². The molecule has 0 saturated heterocycles. The van der Waals surface area contributed by atoms with Gasteiger partial charge in [-0.05, 0) is 36.8 Å². The SMILES string of the molecule is Cc1cc(Br)ccc1NC(=O)C[NH+](Cc1ccccc1F)C1CC1. The van der Waals surface area contributed by atoms with Crippen molar-refractivity contribution in [1.82, 2.24) is 0 Å². The number of carbonyl (C=O) groups is 1. The smallest absolute Gasteiger partial charge is 0.279 e. The summed E-state index contributed by atoms with van der Waals surface area (Å²) in [5.41, 5.74) is 2.51. The second-order valence-corrected chi connectivity index (χ2v) is 7.30. The van der Waals surface area contributed by atoms with Gasteiger partial charge in [0.2, 0.25) is 0 Å². The normalized spacial score (nSPS) is 15.1. The second-order valence-electron chi connectivity index (χ2n) is 6.38. The van der Waals surface area contributed by atoms with Crippen LogP contribution < -0.4 is 10.2 Å². The third-order valence-electron chi connectivity index (χ3n) is 4.38. The summed E-state index contributed by atoms with van der Waals surface area (Å²) >= 11 is 3.42. The quantitative estimate of drug-likeness (QED) is 0.779. The molecule has 3 rings (SSSR count). The molecule has 3 nitrogen and oxygen atoms in total. The van der Waals surface area contributed by atoms with E-state index < -0.39 is 0 Å². The van der Waals surface area contributed by atoms with Crippen LogP contribution in [0.3, 0.4) is 0 Å². The van der Waals surface area contributed by atoms with Gasteiger partial charge in [-0.1, -0.05) is 34.1 Å². The zero-order chi connectivity index (χ0) is 17.1. The highest BCUT2D eigenvalue weighted by Gasteiger charge is 2.35. The minimum Gasteiger partial charge on any atom is -0.321 e. The van der Waals surface area contributed by atoms with Crippen LogP contribution in [0, 0.1) is 12.7 Å². The summed E-state index contributed by atoms with van der Waals surface area (Å²) in [5.74, 6) is -0.224. The van der Waals surface area contributed by atoms with Crippen LogP contribution in [0.4, 0.5) is 10.1 Å². The molecule has 1 aliphatic carbocycles. The molecule has 2 aromatic rings. The third-order valence-corrected chi connectivity index (χ3v) is 4.87. The fourth-order valence-electron chi connectivity index (χ4n) is 2.90. The maximum Gasteiger partial charge on any atom is 0.279 e. The van der Waals surface area contributed by atoms with Gasteiger partial charge in [0.25, 0.3) is 5.91 Å². The number of amides is 1. The van der Waals surface area contributed by atoms with Crippen LogP contribution in [0.1, 0.15) is 24.0 Å². The van der Waals surface area contributed by atoms with E-state index in [9.17, 15) is 9.18 Å². The van der Waals surface area contributed by atoms with E-state index in [2.05, 4.69) is 21.2 Å². The van der Waals surface area contributed by atoms with Crippen LogP contribution >= 0.6 is 15.9 Å². The van der Waals surface area contributed by atoms with Crippen molar-refractivity contribution in [2.45, 2.75) is 32.4 Å². The molecule has 1 atom stereocenters. The fraction of sp³-hybridized carbons (Fsp3) is 0.316. The highest BCUT2D eigenvalue weighted by Crippen LogP contribution is 2.20.